The van der Waals surface area contributed by atoms with E-state index in [9.17, 15) is 18.0 Å². The van der Waals surface area contributed by atoms with E-state index in [2.05, 4.69) is 21.2 Å². The summed E-state index contributed by atoms with van der Waals surface area (Å²) in [5.74, 6) is -0.908. The lowest BCUT2D eigenvalue weighted by atomic mass is 10.1. The van der Waals surface area contributed by atoms with Crippen LogP contribution in [-0.2, 0) is 26.2 Å². The molecular formula is C20H23BrClN3O4S. The van der Waals surface area contributed by atoms with Crippen LogP contribution < -0.4 is 9.62 Å². The SMILES string of the molecule is CNC(=O)[C@@H](C)N(Cc1ccccc1Cl)C(=O)CN(c1ccccc1Br)S(C)(=O)=O. The zero-order valence-corrected chi connectivity index (χ0v) is 20.0. The lowest BCUT2D eigenvalue weighted by molar-refractivity contribution is -0.139. The summed E-state index contributed by atoms with van der Waals surface area (Å²) >= 11 is 9.57. The number of benzene rings is 2. The topological polar surface area (TPSA) is 86.8 Å². The number of carbonyl (C=O) groups excluding carboxylic acids is 2. The fourth-order valence-electron chi connectivity index (χ4n) is 2.85. The number of anilines is 1. The molecule has 0 aliphatic heterocycles. The van der Waals surface area contributed by atoms with Crippen molar-refractivity contribution in [2.45, 2.75) is 19.5 Å². The molecule has 2 rings (SSSR count). The smallest absolute Gasteiger partial charge is 0.244 e. The molecule has 0 unspecified atom stereocenters. The average Bonchev–Trinajstić information content (AvgIpc) is 2.70. The molecule has 0 saturated heterocycles. The van der Waals surface area contributed by atoms with Crippen molar-refractivity contribution in [2.24, 2.45) is 0 Å². The molecule has 0 aromatic heterocycles. The first-order valence-electron chi connectivity index (χ1n) is 9.03. The van der Waals surface area contributed by atoms with E-state index in [1.807, 2.05) is 0 Å². The van der Waals surface area contributed by atoms with Crippen LogP contribution in [0.4, 0.5) is 5.69 Å². The molecule has 7 nitrogen and oxygen atoms in total. The van der Waals surface area contributed by atoms with E-state index in [0.717, 1.165) is 10.6 Å². The highest BCUT2D eigenvalue weighted by Gasteiger charge is 2.30. The summed E-state index contributed by atoms with van der Waals surface area (Å²) in [5, 5.41) is 2.97. The van der Waals surface area contributed by atoms with Crippen LogP contribution in [0.15, 0.2) is 53.0 Å². The standard InChI is InChI=1S/C20H23BrClN3O4S/c1-14(20(27)23-2)24(12-15-8-4-6-10-17(15)22)19(26)13-25(30(3,28)29)18-11-7-5-9-16(18)21/h4-11,14H,12-13H2,1-3H3,(H,23,27)/t14-/m1/s1. The van der Waals surface area contributed by atoms with Gasteiger partial charge in [0.15, 0.2) is 0 Å². The highest BCUT2D eigenvalue weighted by Crippen LogP contribution is 2.28. The van der Waals surface area contributed by atoms with Crippen LogP contribution in [0, 0.1) is 0 Å². The molecule has 0 radical (unpaired) electrons. The minimum atomic E-state index is -3.77. The summed E-state index contributed by atoms with van der Waals surface area (Å²) in [6.07, 6.45) is 1.03. The van der Waals surface area contributed by atoms with Gasteiger partial charge in [0.25, 0.3) is 0 Å². The molecule has 2 amide bonds. The van der Waals surface area contributed by atoms with Gasteiger partial charge in [-0.3, -0.25) is 13.9 Å². The Hall–Kier alpha value is -2.10. The number of hydrogen-bond donors (Lipinski definition) is 1. The molecule has 30 heavy (non-hydrogen) atoms. The highest BCUT2D eigenvalue weighted by atomic mass is 79.9. The maximum absolute atomic E-state index is 13.2. The summed E-state index contributed by atoms with van der Waals surface area (Å²) in [4.78, 5) is 26.8. The van der Waals surface area contributed by atoms with Gasteiger partial charge in [-0.2, -0.15) is 0 Å². The van der Waals surface area contributed by atoms with Gasteiger partial charge in [-0.25, -0.2) is 8.42 Å². The minimum Gasteiger partial charge on any atom is -0.357 e. The van der Waals surface area contributed by atoms with Gasteiger partial charge >= 0.3 is 0 Å². The Morgan fingerprint density at radius 2 is 1.73 bits per heavy atom. The zero-order valence-electron chi connectivity index (χ0n) is 16.8. The molecule has 10 heteroatoms. The van der Waals surface area contributed by atoms with Gasteiger partial charge in [0.05, 0.1) is 11.9 Å². The molecule has 0 aliphatic rings. The van der Waals surface area contributed by atoms with Gasteiger partial charge in [0.2, 0.25) is 21.8 Å². The third-order valence-corrected chi connectivity index (χ3v) is 6.68. The van der Waals surface area contributed by atoms with Crippen LogP contribution in [0.2, 0.25) is 5.02 Å². The monoisotopic (exact) mass is 515 g/mol. The number of nitrogens with zero attached hydrogens (tertiary/aromatic N) is 2. The molecule has 2 aromatic carbocycles. The number of sulfonamides is 1. The molecule has 2 aromatic rings. The second kappa shape index (κ2) is 10.3. The van der Waals surface area contributed by atoms with Crippen LogP contribution in [0.25, 0.3) is 0 Å². The molecular weight excluding hydrogens is 494 g/mol. The Bertz CT molecular complexity index is 1030. The molecule has 1 N–H and O–H groups in total. The summed E-state index contributed by atoms with van der Waals surface area (Å²) in [5.41, 5.74) is 0.980. The Labute approximate surface area is 190 Å². The van der Waals surface area contributed by atoms with Crippen molar-refractivity contribution in [1.82, 2.24) is 10.2 Å². The van der Waals surface area contributed by atoms with Gasteiger partial charge in [-0.15, -0.1) is 0 Å². The van der Waals surface area contributed by atoms with Gasteiger partial charge in [0.1, 0.15) is 12.6 Å². The van der Waals surface area contributed by atoms with Crippen molar-refractivity contribution in [3.05, 3.63) is 63.6 Å². The van der Waals surface area contributed by atoms with Gasteiger partial charge in [-0.1, -0.05) is 41.9 Å². The number of para-hydroxylation sites is 1. The number of likely N-dealkylation sites (N-methyl/N-ethyl adjacent to an activating group) is 1. The summed E-state index contributed by atoms with van der Waals surface area (Å²) < 4.78 is 26.4. The van der Waals surface area contributed by atoms with Crippen molar-refractivity contribution in [3.8, 4) is 0 Å². The van der Waals surface area contributed by atoms with Crippen LogP contribution in [0.5, 0.6) is 0 Å². The zero-order chi connectivity index (χ0) is 22.5. The third-order valence-electron chi connectivity index (χ3n) is 4.51. The van der Waals surface area contributed by atoms with E-state index < -0.39 is 28.5 Å². The van der Waals surface area contributed by atoms with E-state index in [1.54, 1.807) is 55.5 Å². The number of amides is 2. The summed E-state index contributed by atoms with van der Waals surface area (Å²) in [7, 11) is -2.30. The number of halogens is 2. The third kappa shape index (κ3) is 5.96. The second-order valence-corrected chi connectivity index (χ2v) is 9.79. The number of rotatable bonds is 8. The lowest BCUT2D eigenvalue weighted by Crippen LogP contribution is -2.50. The van der Waals surface area contributed by atoms with E-state index in [-0.39, 0.29) is 12.5 Å². The molecule has 0 fully saturated rings. The number of hydrogen-bond acceptors (Lipinski definition) is 4. The van der Waals surface area contributed by atoms with Crippen molar-refractivity contribution in [2.75, 3.05) is 24.2 Å². The van der Waals surface area contributed by atoms with E-state index in [4.69, 9.17) is 11.6 Å². The van der Waals surface area contributed by atoms with E-state index >= 15 is 0 Å². The molecule has 0 saturated carbocycles. The molecule has 1 atom stereocenters. The molecule has 0 spiro atoms. The molecule has 0 heterocycles. The fourth-order valence-corrected chi connectivity index (χ4v) is 4.52. The van der Waals surface area contributed by atoms with Crippen molar-refractivity contribution >= 4 is 55.1 Å². The Kier molecular flexibility index (Phi) is 8.28. The minimum absolute atomic E-state index is 0.0562. The fraction of sp³-hybridized carbons (Fsp3) is 0.300. The molecule has 0 aliphatic carbocycles. The molecule has 162 valence electrons. The predicted octanol–water partition coefficient (Wildman–Crippen LogP) is 3.03. The first kappa shape index (κ1) is 24.2. The Balaban J connectivity index is 2.41. The Morgan fingerprint density at radius 1 is 1.13 bits per heavy atom. The lowest BCUT2D eigenvalue weighted by Gasteiger charge is -2.31. The van der Waals surface area contributed by atoms with Gasteiger partial charge < -0.3 is 10.2 Å². The summed E-state index contributed by atoms with van der Waals surface area (Å²) in [6, 6.07) is 12.8. The van der Waals surface area contributed by atoms with Gasteiger partial charge in [0, 0.05) is 23.1 Å². The van der Waals surface area contributed by atoms with Crippen LogP contribution >= 0.6 is 27.5 Å². The second-order valence-electron chi connectivity index (χ2n) is 6.62. The normalized spacial score (nSPS) is 12.2. The Morgan fingerprint density at radius 3 is 2.30 bits per heavy atom. The van der Waals surface area contributed by atoms with Crippen LogP contribution in [0.3, 0.4) is 0 Å². The maximum atomic E-state index is 13.2. The van der Waals surface area contributed by atoms with Gasteiger partial charge in [-0.05, 0) is 46.6 Å². The predicted molar refractivity (Wildman–Crippen MR) is 122 cm³/mol. The first-order valence-corrected chi connectivity index (χ1v) is 12.0. The first-order chi connectivity index (χ1) is 14.1. The number of nitrogens with one attached hydrogen (secondary N) is 1. The largest absolute Gasteiger partial charge is 0.357 e. The quantitative estimate of drug-likeness (QED) is 0.584. The van der Waals surface area contributed by atoms with Crippen LogP contribution in [0.1, 0.15) is 12.5 Å². The maximum Gasteiger partial charge on any atom is 0.244 e. The van der Waals surface area contributed by atoms with Crippen molar-refractivity contribution < 1.29 is 18.0 Å². The van der Waals surface area contributed by atoms with Crippen molar-refractivity contribution in [3.63, 3.8) is 0 Å². The molecule has 0 bridgehead atoms. The van der Waals surface area contributed by atoms with E-state index in [1.165, 1.54) is 11.9 Å². The summed E-state index contributed by atoms with van der Waals surface area (Å²) in [6.45, 7) is 1.17. The highest BCUT2D eigenvalue weighted by molar-refractivity contribution is 9.10. The van der Waals surface area contributed by atoms with E-state index in [0.29, 0.717) is 20.7 Å². The van der Waals surface area contributed by atoms with Crippen LogP contribution in [-0.4, -0.2) is 51.0 Å². The average molecular weight is 517 g/mol. The number of carbonyl (C=O) groups is 2. The van der Waals surface area contributed by atoms with Crippen molar-refractivity contribution in [1.29, 1.82) is 0 Å².